The van der Waals surface area contributed by atoms with Crippen LogP contribution >= 0.6 is 23.8 Å². The van der Waals surface area contributed by atoms with Crippen molar-refractivity contribution in [2.45, 2.75) is 12.4 Å². The average molecular weight is 532 g/mol. The molecule has 3 aromatic rings. The fourth-order valence-corrected chi connectivity index (χ4v) is 3.20. The lowest BCUT2D eigenvalue weighted by atomic mass is 10.1. The molecule has 0 unspecified atom stereocenters. The molecule has 0 saturated carbocycles. The van der Waals surface area contributed by atoms with Gasteiger partial charge in [-0.3, -0.25) is 9.47 Å². The molecule has 0 aliphatic carbocycles. The van der Waals surface area contributed by atoms with Crippen molar-refractivity contribution in [2.75, 3.05) is 11.9 Å². The van der Waals surface area contributed by atoms with E-state index in [1.807, 2.05) is 0 Å². The Bertz CT molecular complexity index is 1320. The van der Waals surface area contributed by atoms with Gasteiger partial charge in [-0.15, -0.1) is 0 Å². The van der Waals surface area contributed by atoms with Crippen LogP contribution in [0, 0.1) is 16.4 Å². The van der Waals surface area contributed by atoms with Crippen molar-refractivity contribution in [2.24, 2.45) is 0 Å². The zero-order chi connectivity index (χ0) is 25.6. The predicted octanol–water partition coefficient (Wildman–Crippen LogP) is 7.14. The molecule has 0 saturated heterocycles. The molecule has 0 aliphatic heterocycles. The molecule has 34 heavy (non-hydrogen) atoms. The van der Waals surface area contributed by atoms with Gasteiger partial charge in [0, 0.05) is 19.4 Å². The van der Waals surface area contributed by atoms with Gasteiger partial charge in [-0.2, -0.15) is 26.3 Å². The van der Waals surface area contributed by atoms with Crippen LogP contribution in [0.4, 0.5) is 45.6 Å². The first-order chi connectivity index (χ1) is 15.6. The van der Waals surface area contributed by atoms with Gasteiger partial charge in [0.15, 0.2) is 16.3 Å². The first-order valence-corrected chi connectivity index (χ1v) is 9.59. The smallest absolute Gasteiger partial charge is 0.407 e. The number of rotatable bonds is 3. The van der Waals surface area contributed by atoms with Crippen LogP contribution in [0.2, 0.25) is 5.02 Å². The zero-order valence-corrected chi connectivity index (χ0v) is 18.1. The molecule has 0 atom stereocenters. The molecule has 2 aromatic carbocycles. The number of ether oxygens (including phenoxy) is 1. The van der Waals surface area contributed by atoms with Crippen molar-refractivity contribution < 1.29 is 44.7 Å². The van der Waals surface area contributed by atoms with Crippen molar-refractivity contribution in [3.8, 4) is 11.4 Å². The summed E-state index contributed by atoms with van der Waals surface area (Å²) in [5.74, 6) is -3.92. The summed E-state index contributed by atoms with van der Waals surface area (Å²) in [6.07, 6.45) is -10.1. The first-order valence-electron chi connectivity index (χ1n) is 8.80. The highest BCUT2D eigenvalue weighted by molar-refractivity contribution is 7.71. The highest BCUT2D eigenvalue weighted by Crippen LogP contribution is 2.44. The van der Waals surface area contributed by atoms with Crippen molar-refractivity contribution in [3.63, 3.8) is 0 Å². The lowest BCUT2D eigenvalue weighted by molar-refractivity contribution is -0.143. The molecule has 0 bridgehead atoms. The van der Waals surface area contributed by atoms with E-state index in [-0.39, 0.29) is 10.8 Å². The number of amides is 1. The first kappa shape index (κ1) is 25.5. The monoisotopic (exact) mass is 531 g/mol. The molecule has 0 spiro atoms. The SMILES string of the molecule is CN(C(=O)Oc1c(-n2cc[nH]c2=S)cc(C(F)(F)F)cc1C(F)(F)F)c1ccc(F)c(Cl)c1F. The normalized spacial score (nSPS) is 12.1. The summed E-state index contributed by atoms with van der Waals surface area (Å²) in [5, 5.41) is -0.998. The van der Waals surface area contributed by atoms with E-state index in [0.29, 0.717) is 17.0 Å². The van der Waals surface area contributed by atoms with E-state index in [4.69, 9.17) is 28.6 Å². The molecular weight excluding hydrogens is 522 g/mol. The second-order valence-corrected chi connectivity index (χ2v) is 7.39. The molecule has 0 radical (unpaired) electrons. The third-order valence-corrected chi connectivity index (χ3v) is 5.11. The minimum Gasteiger partial charge on any atom is -0.407 e. The van der Waals surface area contributed by atoms with Gasteiger partial charge in [-0.05, 0) is 36.5 Å². The Labute approximate surface area is 195 Å². The van der Waals surface area contributed by atoms with E-state index in [9.17, 15) is 39.9 Å². The number of anilines is 1. The van der Waals surface area contributed by atoms with Gasteiger partial charge in [0.05, 0.1) is 16.9 Å². The van der Waals surface area contributed by atoms with Crippen molar-refractivity contribution in [1.29, 1.82) is 0 Å². The quantitative estimate of drug-likeness (QED) is 0.222. The molecular formula is C19H10ClF8N3O2S. The van der Waals surface area contributed by atoms with Gasteiger partial charge in [-0.25, -0.2) is 13.6 Å². The van der Waals surface area contributed by atoms with Crippen LogP contribution in [0.1, 0.15) is 11.1 Å². The number of nitrogens with zero attached hydrogens (tertiary/aromatic N) is 2. The lowest BCUT2D eigenvalue weighted by Gasteiger charge is -2.23. The highest BCUT2D eigenvalue weighted by Gasteiger charge is 2.42. The molecule has 0 aliphatic rings. The van der Waals surface area contributed by atoms with Crippen LogP contribution < -0.4 is 9.64 Å². The molecule has 0 fully saturated rings. The Morgan fingerprint density at radius 3 is 2.29 bits per heavy atom. The minimum absolute atomic E-state index is 0.238. The number of nitrogens with one attached hydrogen (secondary N) is 1. The summed E-state index contributed by atoms with van der Waals surface area (Å²) < 4.78 is 114. The third-order valence-electron chi connectivity index (χ3n) is 4.45. The molecule has 1 N–H and O–H groups in total. The van der Waals surface area contributed by atoms with E-state index in [1.165, 1.54) is 0 Å². The largest absolute Gasteiger partial charge is 0.420 e. The Balaban J connectivity index is 2.20. The maximum atomic E-state index is 14.3. The van der Waals surface area contributed by atoms with E-state index in [1.54, 1.807) is 0 Å². The number of hydrogen-bond donors (Lipinski definition) is 1. The van der Waals surface area contributed by atoms with E-state index in [0.717, 1.165) is 30.1 Å². The van der Waals surface area contributed by atoms with Gasteiger partial charge in [0.25, 0.3) is 0 Å². The lowest BCUT2D eigenvalue weighted by Crippen LogP contribution is -2.31. The minimum atomic E-state index is -5.41. The van der Waals surface area contributed by atoms with Gasteiger partial charge in [-0.1, -0.05) is 11.6 Å². The van der Waals surface area contributed by atoms with Crippen LogP contribution in [0.15, 0.2) is 36.7 Å². The number of H-pyrrole nitrogens is 1. The fraction of sp³-hybridized carbons (Fsp3) is 0.158. The van der Waals surface area contributed by atoms with E-state index >= 15 is 0 Å². The summed E-state index contributed by atoms with van der Waals surface area (Å²) in [6.45, 7) is 0. The summed E-state index contributed by atoms with van der Waals surface area (Å²) in [6, 6.07) is 1.52. The maximum Gasteiger partial charge on any atom is 0.420 e. The topological polar surface area (TPSA) is 50.3 Å². The summed E-state index contributed by atoms with van der Waals surface area (Å²) in [4.78, 5) is 15.4. The van der Waals surface area contributed by atoms with Crippen LogP contribution in [-0.4, -0.2) is 22.7 Å². The summed E-state index contributed by atoms with van der Waals surface area (Å²) >= 11 is 10.3. The van der Waals surface area contributed by atoms with Gasteiger partial charge >= 0.3 is 18.4 Å². The number of carbonyl (C=O) groups excluding carboxylic acids is 1. The van der Waals surface area contributed by atoms with Crippen molar-refractivity contribution in [1.82, 2.24) is 9.55 Å². The Hall–Kier alpha value is -3.13. The maximum absolute atomic E-state index is 14.3. The standard InChI is InChI=1S/C19H10ClF8N3O2S/c1-30(11-3-2-10(21)13(20)14(11)22)17(32)33-15-9(19(26,27)28)6-8(18(23,24)25)7-12(15)31-5-4-29-16(31)34/h2-7H,1H3,(H,29,34). The second-order valence-electron chi connectivity index (χ2n) is 6.62. The number of hydrogen-bond acceptors (Lipinski definition) is 3. The van der Waals surface area contributed by atoms with Crippen LogP contribution in [0.3, 0.4) is 0 Å². The van der Waals surface area contributed by atoms with Crippen LogP contribution in [0.5, 0.6) is 5.75 Å². The number of aromatic amines is 1. The molecule has 15 heteroatoms. The molecule has 1 heterocycles. The summed E-state index contributed by atoms with van der Waals surface area (Å²) in [7, 11) is 0.869. The number of halogens is 9. The Morgan fingerprint density at radius 2 is 1.76 bits per heavy atom. The number of carbonyl (C=O) groups is 1. The highest BCUT2D eigenvalue weighted by atomic mass is 35.5. The fourth-order valence-electron chi connectivity index (χ4n) is 2.81. The van der Waals surface area contributed by atoms with Gasteiger partial charge in [0.1, 0.15) is 16.4 Å². The van der Waals surface area contributed by atoms with E-state index in [2.05, 4.69) is 4.98 Å². The summed E-state index contributed by atoms with van der Waals surface area (Å²) in [5.41, 5.74) is -5.17. The van der Waals surface area contributed by atoms with Gasteiger partial charge in [0.2, 0.25) is 0 Å². The average Bonchev–Trinajstić information content (AvgIpc) is 3.15. The molecule has 1 amide bonds. The van der Waals surface area contributed by atoms with Crippen LogP contribution in [-0.2, 0) is 12.4 Å². The van der Waals surface area contributed by atoms with Crippen LogP contribution in [0.25, 0.3) is 5.69 Å². The zero-order valence-electron chi connectivity index (χ0n) is 16.5. The number of aromatic nitrogens is 2. The van der Waals surface area contributed by atoms with Crippen molar-refractivity contribution >= 4 is 35.6 Å². The third kappa shape index (κ3) is 4.87. The second kappa shape index (κ2) is 8.91. The molecule has 1 aromatic heterocycles. The van der Waals surface area contributed by atoms with Crippen molar-refractivity contribution in [3.05, 3.63) is 69.2 Å². The molecule has 5 nitrogen and oxygen atoms in total. The van der Waals surface area contributed by atoms with Gasteiger partial charge < -0.3 is 9.72 Å². The number of imidazole rings is 1. The molecule has 182 valence electrons. The Kier molecular flexibility index (Phi) is 6.68. The predicted molar refractivity (Wildman–Crippen MR) is 107 cm³/mol. The van der Waals surface area contributed by atoms with E-state index < -0.39 is 63.4 Å². The Morgan fingerprint density at radius 1 is 1.12 bits per heavy atom. The number of alkyl halides is 6. The number of benzene rings is 2. The molecule has 3 rings (SSSR count).